The molecule has 20 nitrogen and oxygen atoms in total. The number of nitrogens with one attached hydrogen (secondary N) is 2. The van der Waals surface area contributed by atoms with Crippen LogP contribution in [0.5, 0.6) is 23.0 Å². The van der Waals surface area contributed by atoms with E-state index in [4.69, 9.17) is 29.2 Å². The van der Waals surface area contributed by atoms with Gasteiger partial charge in [-0.25, -0.2) is 19.2 Å². The number of carbonyl (C=O) groups is 4. The molecular weight excluding hydrogens is 812 g/mol. The van der Waals surface area contributed by atoms with E-state index in [2.05, 4.69) is 10.6 Å². The van der Waals surface area contributed by atoms with Crippen molar-refractivity contribution < 1.29 is 58.2 Å². The molecule has 0 heterocycles. The predicted octanol–water partition coefficient (Wildman–Crippen LogP) is 6.48. The molecule has 332 valence electrons. The number of non-ortho nitro benzene ring substituents is 2. The Kier molecular flexibility index (Phi) is 21.6. The maximum absolute atomic E-state index is 11.6. The summed E-state index contributed by atoms with van der Waals surface area (Å²) < 4.78 is 21.7. The largest absolute Gasteiger partial charge is 0.494 e. The number of hydrogen-bond donors (Lipinski definition) is 4. The first-order valence-corrected chi connectivity index (χ1v) is 18.6. The van der Waals surface area contributed by atoms with Crippen molar-refractivity contribution in [1.82, 2.24) is 20.4 Å². The highest BCUT2D eigenvalue weighted by Crippen LogP contribution is 2.24. The average molecular weight is 863 g/mol. The number of aliphatic carboxylic acids is 2. The summed E-state index contributed by atoms with van der Waals surface area (Å²) in [5.41, 5.74) is 2.14. The Labute approximate surface area is 357 Å². The number of nitrogens with zero attached hydrogens (tertiary/aromatic N) is 4. The molecule has 0 bridgehead atoms. The summed E-state index contributed by atoms with van der Waals surface area (Å²) in [7, 11) is 10.2. The van der Waals surface area contributed by atoms with E-state index in [9.17, 15) is 39.4 Å². The fourth-order valence-corrected chi connectivity index (χ4v) is 4.94. The fraction of sp³-hybridized carbons (Fsp3) is 0.286. The van der Waals surface area contributed by atoms with Crippen LogP contribution >= 0.6 is 0 Å². The maximum Gasteiger partial charge on any atom is 0.414 e. The first-order valence-electron chi connectivity index (χ1n) is 18.6. The van der Waals surface area contributed by atoms with Crippen LogP contribution < -0.4 is 29.6 Å². The SMILES string of the molecule is CN[C@@H](CCOc1ccc([N+](=O)[O-])cc1)c1ccc(OC(=O)N(C)C)cc1.CN[C@@H](CCOc1ccc([N+](=O)[O-])cc1)c1ccc(OC(=O)N(C)C)cc1.O=C(O)/C=C/C(=O)O. The zero-order valence-electron chi connectivity index (χ0n) is 35.0. The van der Waals surface area contributed by atoms with Crippen molar-refractivity contribution in [2.45, 2.75) is 24.9 Å². The first kappa shape index (κ1) is 50.6. The van der Waals surface area contributed by atoms with Crippen LogP contribution in [0.2, 0.25) is 0 Å². The summed E-state index contributed by atoms with van der Waals surface area (Å²) in [6.45, 7) is 0.890. The third-order valence-electron chi connectivity index (χ3n) is 8.22. The zero-order valence-corrected chi connectivity index (χ0v) is 35.0. The second kappa shape index (κ2) is 26.5. The van der Waals surface area contributed by atoms with Crippen LogP contribution in [0.25, 0.3) is 0 Å². The Hall–Kier alpha value is -7.58. The molecule has 4 N–H and O–H groups in total. The number of nitro benzene ring substituents is 2. The van der Waals surface area contributed by atoms with Gasteiger partial charge in [0.1, 0.15) is 23.0 Å². The van der Waals surface area contributed by atoms with Crippen LogP contribution in [-0.4, -0.2) is 109 Å². The van der Waals surface area contributed by atoms with Crippen molar-refractivity contribution in [3.05, 3.63) is 141 Å². The monoisotopic (exact) mass is 862 g/mol. The van der Waals surface area contributed by atoms with E-state index in [1.807, 2.05) is 38.4 Å². The highest BCUT2D eigenvalue weighted by molar-refractivity contribution is 5.89. The van der Waals surface area contributed by atoms with Gasteiger partial charge in [0.25, 0.3) is 11.4 Å². The lowest BCUT2D eigenvalue weighted by Crippen LogP contribution is -2.25. The number of hydrogen-bond acceptors (Lipinski definition) is 14. The summed E-state index contributed by atoms with van der Waals surface area (Å²) in [5.74, 6) is -0.383. The molecule has 0 aliphatic carbocycles. The Bertz CT molecular complexity index is 1930. The van der Waals surface area contributed by atoms with Crippen LogP contribution in [0.1, 0.15) is 36.1 Å². The first-order chi connectivity index (χ1) is 29.4. The molecule has 2 amide bonds. The van der Waals surface area contributed by atoms with Crippen molar-refractivity contribution in [1.29, 1.82) is 0 Å². The van der Waals surface area contributed by atoms with Gasteiger partial charge in [-0.1, -0.05) is 24.3 Å². The molecular formula is C42H50N6O14. The average Bonchev–Trinajstić information content (AvgIpc) is 3.24. The standard InChI is InChI=1S/2C19H23N3O5.C4H4O4/c2*1-20-18(12-13-26-16-10-6-15(7-11-16)22(24)25)14-4-8-17(9-5-14)27-19(23)21(2)3;5-3(6)1-2-4(7)8/h2*4-11,18,20H,12-13H2,1-3H3;1-2H,(H,5,6)(H,7,8)/b;;2-1+/t2*18-;/m00./s1. The van der Waals surface area contributed by atoms with Gasteiger partial charge in [-0.2, -0.15) is 0 Å². The number of rotatable bonds is 18. The minimum Gasteiger partial charge on any atom is -0.494 e. The van der Waals surface area contributed by atoms with Crippen molar-refractivity contribution >= 4 is 35.5 Å². The van der Waals surface area contributed by atoms with Crippen molar-refractivity contribution in [2.75, 3.05) is 55.5 Å². The molecule has 0 aromatic heterocycles. The topological polar surface area (TPSA) is 262 Å². The van der Waals surface area contributed by atoms with Gasteiger partial charge in [-0.15, -0.1) is 0 Å². The second-order valence-corrected chi connectivity index (χ2v) is 13.1. The van der Waals surface area contributed by atoms with E-state index in [0.717, 1.165) is 11.1 Å². The van der Waals surface area contributed by atoms with E-state index < -0.39 is 34.0 Å². The van der Waals surface area contributed by atoms with E-state index in [-0.39, 0.29) is 23.5 Å². The van der Waals surface area contributed by atoms with E-state index in [1.165, 1.54) is 34.1 Å². The van der Waals surface area contributed by atoms with Crippen LogP contribution in [0, 0.1) is 20.2 Å². The van der Waals surface area contributed by atoms with Crippen LogP contribution in [0.4, 0.5) is 21.0 Å². The summed E-state index contributed by atoms with van der Waals surface area (Å²) in [5, 5.41) is 43.4. The molecule has 4 aromatic rings. The van der Waals surface area contributed by atoms with Crippen molar-refractivity contribution in [2.24, 2.45) is 0 Å². The Balaban J connectivity index is 0.000000363. The molecule has 0 aliphatic rings. The molecule has 62 heavy (non-hydrogen) atoms. The van der Waals surface area contributed by atoms with Gasteiger partial charge >= 0.3 is 24.1 Å². The molecule has 4 rings (SSSR count). The summed E-state index contributed by atoms with van der Waals surface area (Å²) in [4.78, 5) is 65.4. The smallest absolute Gasteiger partial charge is 0.414 e. The predicted molar refractivity (Wildman–Crippen MR) is 227 cm³/mol. The highest BCUT2D eigenvalue weighted by Gasteiger charge is 2.14. The third-order valence-corrected chi connectivity index (χ3v) is 8.22. The van der Waals surface area contributed by atoms with E-state index in [1.54, 1.807) is 76.7 Å². The van der Waals surface area contributed by atoms with Crippen molar-refractivity contribution in [3.8, 4) is 23.0 Å². The van der Waals surface area contributed by atoms with Gasteiger partial charge in [0, 0.05) is 89.5 Å². The number of nitro groups is 2. The molecule has 0 radical (unpaired) electrons. The van der Waals surface area contributed by atoms with Gasteiger partial charge in [0.15, 0.2) is 0 Å². The molecule has 0 aliphatic heterocycles. The molecule has 4 aromatic carbocycles. The summed E-state index contributed by atoms with van der Waals surface area (Å²) in [6, 6.07) is 26.7. The minimum atomic E-state index is -1.26. The molecule has 0 saturated heterocycles. The number of ether oxygens (including phenoxy) is 4. The molecule has 20 heteroatoms. The number of benzene rings is 4. The van der Waals surface area contributed by atoms with Gasteiger partial charge in [-0.3, -0.25) is 20.2 Å². The van der Waals surface area contributed by atoms with Gasteiger partial charge in [0.2, 0.25) is 0 Å². The highest BCUT2D eigenvalue weighted by atomic mass is 16.6. The lowest BCUT2D eigenvalue weighted by molar-refractivity contribution is -0.385. The van der Waals surface area contributed by atoms with Gasteiger partial charge in [-0.05, 0) is 73.8 Å². The van der Waals surface area contributed by atoms with Gasteiger partial charge in [0.05, 0.1) is 23.1 Å². The van der Waals surface area contributed by atoms with Crippen LogP contribution in [-0.2, 0) is 9.59 Å². The molecule has 2 atom stereocenters. The van der Waals surface area contributed by atoms with Crippen LogP contribution in [0.15, 0.2) is 109 Å². The lowest BCUT2D eigenvalue weighted by Gasteiger charge is -2.18. The minimum absolute atomic E-state index is 0.0329. The quantitative estimate of drug-likeness (QED) is 0.0474. The summed E-state index contributed by atoms with van der Waals surface area (Å²) in [6.07, 6.45) is 1.66. The molecule has 0 saturated carbocycles. The summed E-state index contributed by atoms with van der Waals surface area (Å²) >= 11 is 0. The molecule has 0 spiro atoms. The zero-order chi connectivity index (χ0) is 46.2. The van der Waals surface area contributed by atoms with Crippen LogP contribution in [0.3, 0.4) is 0 Å². The number of carbonyl (C=O) groups excluding carboxylic acids is 2. The molecule has 0 fully saturated rings. The Morgan fingerprint density at radius 3 is 1.10 bits per heavy atom. The Morgan fingerprint density at radius 2 is 0.855 bits per heavy atom. The normalized spacial score (nSPS) is 11.3. The van der Waals surface area contributed by atoms with Crippen molar-refractivity contribution in [3.63, 3.8) is 0 Å². The third kappa shape index (κ3) is 19.0. The fourth-order valence-electron chi connectivity index (χ4n) is 4.94. The van der Waals surface area contributed by atoms with E-state index >= 15 is 0 Å². The lowest BCUT2D eigenvalue weighted by atomic mass is 10.0. The number of carboxylic acid groups (broad SMARTS) is 2. The Morgan fingerprint density at radius 1 is 0.565 bits per heavy atom. The number of carboxylic acids is 2. The van der Waals surface area contributed by atoms with Gasteiger partial charge < -0.3 is 49.6 Å². The molecule has 0 unspecified atom stereocenters. The number of amides is 2. The van der Waals surface area contributed by atoms with E-state index in [0.29, 0.717) is 61.2 Å². The second-order valence-electron chi connectivity index (χ2n) is 13.1. The maximum atomic E-state index is 11.6.